The minimum atomic E-state index is -2.60. The molecule has 0 aromatic rings. The van der Waals surface area contributed by atoms with Crippen LogP contribution in [-0.2, 0) is 8.54 Å². The zero-order valence-corrected chi connectivity index (χ0v) is 10.8. The highest BCUT2D eigenvalue weighted by molar-refractivity contribution is 6.78. The third kappa shape index (κ3) is 6.36. The Morgan fingerprint density at radius 3 is 2.15 bits per heavy atom. The van der Waals surface area contributed by atoms with Gasteiger partial charge in [-0.2, -0.15) is 0 Å². The molecule has 2 N–H and O–H groups in total. The molecule has 0 aliphatic heterocycles. The van der Waals surface area contributed by atoms with Crippen LogP contribution in [0.4, 0.5) is 0 Å². The van der Waals surface area contributed by atoms with Crippen molar-refractivity contribution in [1.82, 2.24) is 0 Å². The van der Waals surface area contributed by atoms with E-state index in [1.165, 1.54) is 0 Å². The molecular formula is C7H20O4Si2. The van der Waals surface area contributed by atoms with Gasteiger partial charge in [-0.25, -0.2) is 0 Å². The molecule has 0 fully saturated rings. The molecule has 1 unspecified atom stereocenters. The number of aliphatic hydroxyl groups excluding tert-OH is 1. The Morgan fingerprint density at radius 1 is 1.23 bits per heavy atom. The van der Waals surface area contributed by atoms with Crippen LogP contribution in [0.3, 0.4) is 0 Å². The minimum Gasteiger partial charge on any atom is -0.415 e. The third-order valence-corrected chi connectivity index (χ3v) is 7.75. The lowest BCUT2D eigenvalue weighted by Crippen LogP contribution is -2.48. The summed E-state index contributed by atoms with van der Waals surface area (Å²) < 4.78 is 10.8. The average molecular weight is 224 g/mol. The molecule has 0 heterocycles. The van der Waals surface area contributed by atoms with Crippen molar-refractivity contribution in [1.29, 1.82) is 0 Å². The molecule has 0 bridgehead atoms. The van der Waals surface area contributed by atoms with Crippen molar-refractivity contribution in [3.63, 3.8) is 0 Å². The highest BCUT2D eigenvalue weighted by Crippen LogP contribution is 2.17. The van der Waals surface area contributed by atoms with Crippen molar-refractivity contribution in [2.45, 2.75) is 32.1 Å². The predicted octanol–water partition coefficient (Wildman–Crippen LogP) is 0.798. The zero-order chi connectivity index (χ0) is 10.5. The Morgan fingerprint density at radius 2 is 1.77 bits per heavy atom. The van der Waals surface area contributed by atoms with Gasteiger partial charge < -0.3 is 18.4 Å². The second kappa shape index (κ2) is 5.23. The number of aliphatic hydroxyl groups is 1. The van der Waals surface area contributed by atoms with Crippen LogP contribution in [0.2, 0.25) is 25.7 Å². The lowest BCUT2D eigenvalue weighted by molar-refractivity contribution is 0.260. The van der Waals surface area contributed by atoms with E-state index < -0.39 is 17.1 Å². The molecule has 0 saturated carbocycles. The average Bonchev–Trinajstić information content (AvgIpc) is 1.99. The first-order valence-electron chi connectivity index (χ1n) is 4.41. The lowest BCUT2D eigenvalue weighted by atomic mass is 10.5. The van der Waals surface area contributed by atoms with E-state index in [4.69, 9.17) is 13.6 Å². The second-order valence-corrected chi connectivity index (χ2v) is 10.6. The molecule has 0 radical (unpaired) electrons. The summed E-state index contributed by atoms with van der Waals surface area (Å²) >= 11 is 0. The molecule has 0 aliphatic rings. The Bertz CT molecular complexity index is 149. The van der Waals surface area contributed by atoms with Crippen molar-refractivity contribution in [2.75, 3.05) is 13.7 Å². The van der Waals surface area contributed by atoms with Crippen LogP contribution in [0.5, 0.6) is 0 Å². The summed E-state index contributed by atoms with van der Waals surface area (Å²) in [6.07, 6.45) is 0.591. The van der Waals surface area contributed by atoms with Crippen LogP contribution >= 0.6 is 0 Å². The van der Waals surface area contributed by atoms with Gasteiger partial charge in [0.2, 0.25) is 0 Å². The second-order valence-electron chi connectivity index (χ2n) is 3.71. The summed E-state index contributed by atoms with van der Waals surface area (Å²) in [6.45, 7) is 5.62. The van der Waals surface area contributed by atoms with Gasteiger partial charge in [-0.05, 0) is 32.1 Å². The molecule has 13 heavy (non-hydrogen) atoms. The van der Waals surface area contributed by atoms with Gasteiger partial charge in [0.25, 0.3) is 0 Å². The van der Waals surface area contributed by atoms with Gasteiger partial charge in [0.05, 0.1) is 0 Å². The summed E-state index contributed by atoms with van der Waals surface area (Å²) in [5.41, 5.74) is 0. The van der Waals surface area contributed by atoms with Gasteiger partial charge in [-0.15, -0.1) is 0 Å². The van der Waals surface area contributed by atoms with Gasteiger partial charge in [-0.1, -0.05) is 0 Å². The Labute approximate surface area is 82.0 Å². The van der Waals surface area contributed by atoms with E-state index in [1.807, 2.05) is 13.1 Å². The summed E-state index contributed by atoms with van der Waals surface area (Å²) in [6, 6.07) is 0.559. The van der Waals surface area contributed by atoms with E-state index in [2.05, 4.69) is 0 Å². The van der Waals surface area contributed by atoms with Gasteiger partial charge in [0.1, 0.15) is 0 Å². The Kier molecular flexibility index (Phi) is 5.34. The molecule has 0 saturated heterocycles. The zero-order valence-electron chi connectivity index (χ0n) is 8.83. The first-order valence-corrected chi connectivity index (χ1v) is 9.79. The van der Waals surface area contributed by atoms with Crippen molar-refractivity contribution in [3.8, 4) is 0 Å². The molecule has 0 rings (SSSR count). The van der Waals surface area contributed by atoms with E-state index in [1.54, 1.807) is 13.7 Å². The molecule has 0 aromatic heterocycles. The Hall–Kier alpha value is 0.274. The SMILES string of the molecule is CO[Si](C)(C)O[Si](C)(O)CCCO. The summed E-state index contributed by atoms with van der Waals surface area (Å²) in [7, 11) is -3.14. The van der Waals surface area contributed by atoms with E-state index in [0.717, 1.165) is 0 Å². The molecule has 4 nitrogen and oxygen atoms in total. The van der Waals surface area contributed by atoms with Crippen LogP contribution in [0.1, 0.15) is 6.42 Å². The first-order chi connectivity index (χ1) is 5.83. The number of rotatable bonds is 6. The van der Waals surface area contributed by atoms with Crippen molar-refractivity contribution < 1.29 is 18.4 Å². The predicted molar refractivity (Wildman–Crippen MR) is 55.9 cm³/mol. The maximum Gasteiger partial charge on any atom is 0.323 e. The smallest absolute Gasteiger partial charge is 0.323 e. The van der Waals surface area contributed by atoms with Gasteiger partial charge in [0, 0.05) is 13.7 Å². The maximum absolute atomic E-state index is 9.87. The normalized spacial score (nSPS) is 17.1. The van der Waals surface area contributed by atoms with E-state index >= 15 is 0 Å². The lowest BCUT2D eigenvalue weighted by Gasteiger charge is -2.30. The maximum atomic E-state index is 9.87. The fourth-order valence-corrected chi connectivity index (χ4v) is 6.82. The third-order valence-electron chi connectivity index (χ3n) is 1.76. The quantitative estimate of drug-likeness (QED) is 0.655. The molecule has 0 aliphatic carbocycles. The van der Waals surface area contributed by atoms with E-state index in [9.17, 15) is 4.80 Å². The van der Waals surface area contributed by atoms with E-state index in [-0.39, 0.29) is 6.61 Å². The highest BCUT2D eigenvalue weighted by Gasteiger charge is 2.36. The number of hydrogen-bond donors (Lipinski definition) is 2. The van der Waals surface area contributed by atoms with E-state index in [0.29, 0.717) is 12.5 Å². The molecular weight excluding hydrogens is 204 g/mol. The standard InChI is InChI=1S/C7H20O4Si2/c1-10-12(2,3)11-13(4,9)7-5-6-8/h8-9H,5-7H2,1-4H3. The topological polar surface area (TPSA) is 58.9 Å². The van der Waals surface area contributed by atoms with Gasteiger partial charge in [0.15, 0.2) is 0 Å². The van der Waals surface area contributed by atoms with Crippen LogP contribution in [-0.4, -0.2) is 40.7 Å². The number of hydrogen-bond acceptors (Lipinski definition) is 4. The van der Waals surface area contributed by atoms with Crippen molar-refractivity contribution >= 4 is 17.1 Å². The molecule has 0 amide bonds. The van der Waals surface area contributed by atoms with Gasteiger partial charge >= 0.3 is 17.1 Å². The van der Waals surface area contributed by atoms with Gasteiger partial charge in [-0.3, -0.25) is 0 Å². The highest BCUT2D eigenvalue weighted by atomic mass is 28.5. The first kappa shape index (κ1) is 13.3. The molecule has 0 aromatic carbocycles. The summed E-state index contributed by atoms with van der Waals surface area (Å²) in [5.74, 6) is 0. The summed E-state index contributed by atoms with van der Waals surface area (Å²) in [5, 5.41) is 8.62. The fraction of sp³-hybridized carbons (Fsp3) is 1.00. The minimum absolute atomic E-state index is 0.0987. The molecule has 0 spiro atoms. The van der Waals surface area contributed by atoms with Crippen LogP contribution in [0.15, 0.2) is 0 Å². The van der Waals surface area contributed by atoms with Crippen molar-refractivity contribution in [3.05, 3.63) is 0 Å². The van der Waals surface area contributed by atoms with Crippen LogP contribution in [0, 0.1) is 0 Å². The molecule has 80 valence electrons. The Balaban J connectivity index is 4.00. The van der Waals surface area contributed by atoms with Crippen LogP contribution in [0.25, 0.3) is 0 Å². The fourth-order valence-electron chi connectivity index (χ4n) is 1.03. The molecule has 1 atom stereocenters. The van der Waals surface area contributed by atoms with Crippen LogP contribution < -0.4 is 0 Å². The van der Waals surface area contributed by atoms with Crippen molar-refractivity contribution in [2.24, 2.45) is 0 Å². The molecule has 6 heteroatoms. The monoisotopic (exact) mass is 224 g/mol. The largest absolute Gasteiger partial charge is 0.415 e. The summed E-state index contributed by atoms with van der Waals surface area (Å²) in [4.78, 5) is 9.87.